The Morgan fingerprint density at radius 2 is 2.30 bits per heavy atom. The maximum absolute atomic E-state index is 13.7. The van der Waals surface area contributed by atoms with Gasteiger partial charge in [-0.2, -0.15) is 10.4 Å². The van der Waals surface area contributed by atoms with E-state index in [9.17, 15) is 9.18 Å². The third kappa shape index (κ3) is 3.01. The lowest BCUT2D eigenvalue weighted by Crippen LogP contribution is -2.22. The van der Waals surface area contributed by atoms with E-state index in [1.165, 1.54) is 13.0 Å². The second kappa shape index (κ2) is 6.08. The summed E-state index contributed by atoms with van der Waals surface area (Å²) in [4.78, 5) is 13.0. The molecule has 0 bridgehead atoms. The van der Waals surface area contributed by atoms with Gasteiger partial charge in [-0.3, -0.25) is 9.48 Å². The molecule has 0 aliphatic carbocycles. The zero-order chi connectivity index (χ0) is 16.4. The lowest BCUT2D eigenvalue weighted by molar-refractivity contribution is -0.114. The predicted octanol–water partition coefficient (Wildman–Crippen LogP) is 2.30. The molecular formula is C16H16FN5O. The van der Waals surface area contributed by atoms with Gasteiger partial charge in [0.2, 0.25) is 5.91 Å². The number of nitrogens with one attached hydrogen (secondary N) is 1. The molecule has 1 aliphatic heterocycles. The summed E-state index contributed by atoms with van der Waals surface area (Å²) in [6.07, 6.45) is 2.65. The normalized spacial score (nSPS) is 17.1. The number of aromatic nitrogens is 2. The summed E-state index contributed by atoms with van der Waals surface area (Å²) >= 11 is 0. The van der Waals surface area contributed by atoms with Crippen LogP contribution in [0, 0.1) is 17.1 Å². The number of hydrogen-bond acceptors (Lipinski definition) is 4. The first kappa shape index (κ1) is 15.0. The van der Waals surface area contributed by atoms with E-state index >= 15 is 0 Å². The summed E-state index contributed by atoms with van der Waals surface area (Å²) in [5.41, 5.74) is 0.691. The zero-order valence-corrected chi connectivity index (χ0v) is 12.7. The van der Waals surface area contributed by atoms with Crippen molar-refractivity contribution in [3.8, 4) is 6.07 Å². The molecule has 118 valence electrons. The molecule has 6 nitrogen and oxygen atoms in total. The Morgan fingerprint density at radius 1 is 1.48 bits per heavy atom. The van der Waals surface area contributed by atoms with E-state index < -0.39 is 5.82 Å². The molecule has 0 spiro atoms. The number of nitrogens with zero attached hydrogens (tertiary/aromatic N) is 4. The fourth-order valence-electron chi connectivity index (χ4n) is 2.85. The van der Waals surface area contributed by atoms with Crippen molar-refractivity contribution in [3.63, 3.8) is 0 Å². The first-order chi connectivity index (χ1) is 11.1. The van der Waals surface area contributed by atoms with Crippen LogP contribution in [0.2, 0.25) is 0 Å². The van der Waals surface area contributed by atoms with Crippen molar-refractivity contribution in [1.82, 2.24) is 9.78 Å². The highest BCUT2D eigenvalue weighted by Gasteiger charge is 2.27. The van der Waals surface area contributed by atoms with Crippen LogP contribution in [0.3, 0.4) is 0 Å². The molecule has 2 heterocycles. The Morgan fingerprint density at radius 3 is 3.04 bits per heavy atom. The van der Waals surface area contributed by atoms with Gasteiger partial charge in [0.15, 0.2) is 5.82 Å². The van der Waals surface area contributed by atoms with Gasteiger partial charge in [0, 0.05) is 32.3 Å². The Bertz CT molecular complexity index is 779. The average Bonchev–Trinajstić information content (AvgIpc) is 3.15. The van der Waals surface area contributed by atoms with Crippen LogP contribution in [0.4, 0.5) is 15.9 Å². The van der Waals surface area contributed by atoms with Crippen molar-refractivity contribution in [2.45, 2.75) is 19.4 Å². The number of rotatable bonds is 3. The summed E-state index contributed by atoms with van der Waals surface area (Å²) in [6.45, 7) is 2.79. The Kier molecular flexibility index (Phi) is 3.98. The fraction of sp³-hybridized carbons (Fsp3) is 0.312. The third-order valence-corrected chi connectivity index (χ3v) is 3.89. The van der Waals surface area contributed by atoms with Gasteiger partial charge in [0.25, 0.3) is 0 Å². The molecule has 1 aromatic heterocycles. The van der Waals surface area contributed by atoms with E-state index in [4.69, 9.17) is 5.26 Å². The van der Waals surface area contributed by atoms with Crippen LogP contribution in [0.15, 0.2) is 30.5 Å². The van der Waals surface area contributed by atoms with Gasteiger partial charge in [-0.1, -0.05) is 6.07 Å². The lowest BCUT2D eigenvalue weighted by atomic mass is 10.1. The van der Waals surface area contributed by atoms with Gasteiger partial charge in [-0.05, 0) is 18.6 Å². The molecule has 0 saturated carbocycles. The summed E-state index contributed by atoms with van der Waals surface area (Å²) in [6, 6.07) is 8.46. The number of anilines is 2. The monoisotopic (exact) mass is 313 g/mol. The van der Waals surface area contributed by atoms with Gasteiger partial charge >= 0.3 is 0 Å². The van der Waals surface area contributed by atoms with E-state index in [1.807, 2.05) is 17.2 Å². The molecule has 1 atom stereocenters. The minimum absolute atomic E-state index is 0.0764. The number of halogens is 1. The topological polar surface area (TPSA) is 74.0 Å². The number of amides is 1. The van der Waals surface area contributed by atoms with Crippen molar-refractivity contribution in [2.24, 2.45) is 0 Å². The molecule has 3 rings (SSSR count). The van der Waals surface area contributed by atoms with Crippen LogP contribution < -0.4 is 10.2 Å². The second-order valence-electron chi connectivity index (χ2n) is 5.50. The maximum Gasteiger partial charge on any atom is 0.222 e. The predicted molar refractivity (Wildman–Crippen MR) is 83.5 cm³/mol. The Labute approximate surface area is 133 Å². The molecule has 1 unspecified atom stereocenters. The van der Waals surface area contributed by atoms with E-state index in [0.717, 1.165) is 13.0 Å². The highest BCUT2D eigenvalue weighted by Crippen LogP contribution is 2.30. The third-order valence-electron chi connectivity index (χ3n) is 3.89. The van der Waals surface area contributed by atoms with E-state index in [2.05, 4.69) is 10.4 Å². The molecule has 1 saturated heterocycles. The van der Waals surface area contributed by atoms with Crippen molar-refractivity contribution in [2.75, 3.05) is 23.3 Å². The first-order valence-electron chi connectivity index (χ1n) is 7.35. The van der Waals surface area contributed by atoms with Gasteiger partial charge < -0.3 is 10.2 Å². The second-order valence-corrected chi connectivity index (χ2v) is 5.50. The molecule has 1 aromatic carbocycles. The van der Waals surface area contributed by atoms with Crippen molar-refractivity contribution in [3.05, 3.63) is 41.8 Å². The number of carbonyl (C=O) groups is 1. The molecular weight excluding hydrogens is 297 g/mol. The van der Waals surface area contributed by atoms with Crippen molar-refractivity contribution in [1.29, 1.82) is 5.26 Å². The number of hydrogen-bond donors (Lipinski definition) is 1. The Balaban J connectivity index is 1.77. The molecule has 7 heteroatoms. The maximum atomic E-state index is 13.7. The smallest absolute Gasteiger partial charge is 0.222 e. The van der Waals surface area contributed by atoms with Crippen LogP contribution in [0.1, 0.15) is 24.9 Å². The quantitative estimate of drug-likeness (QED) is 0.943. The summed E-state index contributed by atoms with van der Waals surface area (Å²) in [5.74, 6) is -0.151. The van der Waals surface area contributed by atoms with Gasteiger partial charge in [-0.25, -0.2) is 4.39 Å². The fourth-order valence-corrected chi connectivity index (χ4v) is 2.85. The number of nitriles is 1. The SMILES string of the molecule is CC(=O)Nc1ccn(C2CCN(c3cccc(F)c3C#N)C2)n1. The van der Waals surface area contributed by atoms with E-state index in [0.29, 0.717) is 18.1 Å². The number of benzene rings is 1. The van der Waals surface area contributed by atoms with Crippen LogP contribution in [0.5, 0.6) is 0 Å². The van der Waals surface area contributed by atoms with Crippen molar-refractivity contribution < 1.29 is 9.18 Å². The highest BCUT2D eigenvalue weighted by molar-refractivity contribution is 5.87. The van der Waals surface area contributed by atoms with Crippen LogP contribution in [-0.4, -0.2) is 28.8 Å². The molecule has 0 radical (unpaired) electrons. The minimum Gasteiger partial charge on any atom is -0.368 e. The molecule has 1 N–H and O–H groups in total. The lowest BCUT2D eigenvalue weighted by Gasteiger charge is -2.20. The van der Waals surface area contributed by atoms with Crippen molar-refractivity contribution >= 4 is 17.4 Å². The van der Waals surface area contributed by atoms with E-state index in [-0.39, 0.29) is 17.5 Å². The van der Waals surface area contributed by atoms with E-state index in [1.54, 1.807) is 22.9 Å². The minimum atomic E-state index is -0.500. The van der Waals surface area contributed by atoms with Gasteiger partial charge in [0.1, 0.15) is 17.4 Å². The van der Waals surface area contributed by atoms with Crippen LogP contribution in [0.25, 0.3) is 0 Å². The van der Waals surface area contributed by atoms with Crippen LogP contribution in [-0.2, 0) is 4.79 Å². The summed E-state index contributed by atoms with van der Waals surface area (Å²) in [5, 5.41) is 16.1. The largest absolute Gasteiger partial charge is 0.368 e. The summed E-state index contributed by atoms with van der Waals surface area (Å²) < 4.78 is 15.5. The van der Waals surface area contributed by atoms with Gasteiger partial charge in [0.05, 0.1) is 11.7 Å². The highest BCUT2D eigenvalue weighted by atomic mass is 19.1. The first-order valence-corrected chi connectivity index (χ1v) is 7.35. The van der Waals surface area contributed by atoms with Crippen LogP contribution >= 0.6 is 0 Å². The summed E-state index contributed by atoms with van der Waals surface area (Å²) in [7, 11) is 0. The molecule has 1 aliphatic rings. The van der Waals surface area contributed by atoms with Gasteiger partial charge in [-0.15, -0.1) is 0 Å². The molecule has 23 heavy (non-hydrogen) atoms. The average molecular weight is 313 g/mol. The zero-order valence-electron chi connectivity index (χ0n) is 12.7. The molecule has 1 amide bonds. The number of carbonyl (C=O) groups excluding carboxylic acids is 1. The molecule has 2 aromatic rings. The standard InChI is InChI=1S/C16H16FN5O/c1-11(23)19-16-6-8-22(20-16)12-5-7-21(10-12)15-4-2-3-14(17)13(15)9-18/h2-4,6,8,12H,5,7,10H2,1H3,(H,19,20,23). The Hall–Kier alpha value is -2.88. The molecule has 1 fully saturated rings.